The number of aliphatic carboxylic acids is 1. The lowest BCUT2D eigenvalue weighted by Crippen LogP contribution is -2.26. The second-order valence-electron chi connectivity index (χ2n) is 4.50. The van der Waals surface area contributed by atoms with Gasteiger partial charge in [0, 0.05) is 24.3 Å². The second-order valence-corrected chi connectivity index (χ2v) is 5.48. The maximum Gasteiger partial charge on any atom is 0.303 e. The predicted molar refractivity (Wildman–Crippen MR) is 76.6 cm³/mol. The van der Waals surface area contributed by atoms with Crippen LogP contribution in [0.3, 0.4) is 0 Å². The molecule has 0 atom stereocenters. The van der Waals surface area contributed by atoms with E-state index in [9.17, 15) is 9.59 Å². The van der Waals surface area contributed by atoms with Gasteiger partial charge in [-0.3, -0.25) is 9.59 Å². The number of carboxylic acids is 1. The molecule has 6 nitrogen and oxygen atoms in total. The van der Waals surface area contributed by atoms with Crippen LogP contribution < -0.4 is 5.32 Å². The summed E-state index contributed by atoms with van der Waals surface area (Å²) in [5.41, 5.74) is 1.91. The minimum atomic E-state index is -0.800. The molecule has 0 unspecified atom stereocenters. The van der Waals surface area contributed by atoms with Crippen molar-refractivity contribution < 1.29 is 19.2 Å². The third kappa shape index (κ3) is 6.10. The highest BCUT2D eigenvalue weighted by atomic mass is 32.2. The third-order valence-electron chi connectivity index (χ3n) is 2.80. The van der Waals surface area contributed by atoms with Crippen LogP contribution in [0.15, 0.2) is 4.52 Å². The predicted octanol–water partition coefficient (Wildman–Crippen LogP) is 1.90. The van der Waals surface area contributed by atoms with Crippen molar-refractivity contribution in [2.75, 3.05) is 12.3 Å². The molecule has 0 spiro atoms. The lowest BCUT2D eigenvalue weighted by molar-refractivity contribution is -0.137. The minimum absolute atomic E-state index is 0.0305. The van der Waals surface area contributed by atoms with E-state index in [1.54, 1.807) is 0 Å². The Balaban J connectivity index is 2.10. The number of carbonyl (C=O) groups excluding carboxylic acids is 1. The normalized spacial score (nSPS) is 10.5. The van der Waals surface area contributed by atoms with Crippen molar-refractivity contribution in [3.8, 4) is 0 Å². The molecule has 0 aromatic carbocycles. The first kappa shape index (κ1) is 16.6. The van der Waals surface area contributed by atoms with Crippen LogP contribution in [-0.4, -0.2) is 34.4 Å². The van der Waals surface area contributed by atoms with Gasteiger partial charge in [0.2, 0.25) is 5.91 Å². The van der Waals surface area contributed by atoms with Crippen LogP contribution in [0.4, 0.5) is 0 Å². The number of aryl methyl sites for hydroxylation is 2. The maximum atomic E-state index is 11.6. The summed E-state index contributed by atoms with van der Waals surface area (Å²) in [5.74, 6) is 1.05. The van der Waals surface area contributed by atoms with E-state index in [4.69, 9.17) is 9.63 Å². The van der Waals surface area contributed by atoms with Gasteiger partial charge in [0.1, 0.15) is 5.76 Å². The minimum Gasteiger partial charge on any atom is -0.481 e. The van der Waals surface area contributed by atoms with Gasteiger partial charge in [-0.2, -0.15) is 0 Å². The number of aromatic nitrogens is 1. The van der Waals surface area contributed by atoms with Crippen molar-refractivity contribution in [3.63, 3.8) is 0 Å². The summed E-state index contributed by atoms with van der Waals surface area (Å²) in [7, 11) is 0. The molecule has 20 heavy (non-hydrogen) atoms. The number of carboxylic acid groups (broad SMARTS) is 1. The molecular formula is C13H20N2O4S. The van der Waals surface area contributed by atoms with Crippen LogP contribution in [0.25, 0.3) is 0 Å². The van der Waals surface area contributed by atoms with Crippen molar-refractivity contribution >= 4 is 23.6 Å². The fraction of sp³-hybridized carbons (Fsp3) is 0.615. The van der Waals surface area contributed by atoms with Gasteiger partial charge in [-0.15, -0.1) is 11.8 Å². The van der Waals surface area contributed by atoms with E-state index >= 15 is 0 Å². The largest absolute Gasteiger partial charge is 0.481 e. The maximum absolute atomic E-state index is 11.6. The van der Waals surface area contributed by atoms with E-state index in [1.807, 2.05) is 13.8 Å². The number of amides is 1. The first-order chi connectivity index (χ1) is 9.50. The molecule has 1 amide bonds. The van der Waals surface area contributed by atoms with Crippen molar-refractivity contribution in [3.05, 3.63) is 17.0 Å². The zero-order valence-electron chi connectivity index (χ0n) is 11.8. The monoisotopic (exact) mass is 300 g/mol. The smallest absolute Gasteiger partial charge is 0.303 e. The molecule has 1 aromatic heterocycles. The Bertz CT molecular complexity index is 440. The molecule has 7 heteroatoms. The number of nitrogens with zero attached hydrogens (tertiary/aromatic N) is 1. The molecule has 0 aliphatic carbocycles. The van der Waals surface area contributed by atoms with Crippen molar-refractivity contribution in [1.29, 1.82) is 0 Å². The fourth-order valence-electron chi connectivity index (χ4n) is 1.63. The molecule has 0 saturated carbocycles. The van der Waals surface area contributed by atoms with Crippen molar-refractivity contribution in [1.82, 2.24) is 10.5 Å². The zero-order chi connectivity index (χ0) is 15.0. The SMILES string of the molecule is Cc1noc(C)c1CSCC(=O)NCCCCC(=O)O. The molecule has 0 saturated heterocycles. The van der Waals surface area contributed by atoms with Gasteiger partial charge < -0.3 is 14.9 Å². The molecule has 1 heterocycles. The summed E-state index contributed by atoms with van der Waals surface area (Å²) < 4.78 is 5.05. The van der Waals surface area contributed by atoms with E-state index in [0.29, 0.717) is 30.9 Å². The zero-order valence-corrected chi connectivity index (χ0v) is 12.6. The first-order valence-electron chi connectivity index (χ1n) is 6.48. The molecule has 0 radical (unpaired) electrons. The number of carbonyl (C=O) groups is 2. The average molecular weight is 300 g/mol. The highest BCUT2D eigenvalue weighted by Crippen LogP contribution is 2.19. The Labute approximate surface area is 122 Å². The van der Waals surface area contributed by atoms with E-state index < -0.39 is 5.97 Å². The summed E-state index contributed by atoms with van der Waals surface area (Å²) in [6.07, 6.45) is 1.42. The summed E-state index contributed by atoms with van der Waals surface area (Å²) in [6, 6.07) is 0. The van der Waals surface area contributed by atoms with Crippen LogP contribution in [0.1, 0.15) is 36.3 Å². The lowest BCUT2D eigenvalue weighted by atomic mass is 10.2. The van der Waals surface area contributed by atoms with Gasteiger partial charge in [-0.05, 0) is 26.7 Å². The molecule has 0 aliphatic heterocycles. The van der Waals surface area contributed by atoms with Gasteiger partial charge >= 0.3 is 5.97 Å². The molecule has 0 aliphatic rings. The van der Waals surface area contributed by atoms with Gasteiger partial charge in [-0.25, -0.2) is 0 Å². The number of rotatable bonds is 9. The van der Waals surface area contributed by atoms with Gasteiger partial charge in [0.25, 0.3) is 0 Å². The Hall–Kier alpha value is -1.50. The molecule has 112 valence electrons. The van der Waals surface area contributed by atoms with E-state index in [0.717, 1.165) is 17.0 Å². The van der Waals surface area contributed by atoms with E-state index in [1.165, 1.54) is 11.8 Å². The quantitative estimate of drug-likeness (QED) is 0.677. The topological polar surface area (TPSA) is 92.4 Å². The summed E-state index contributed by atoms with van der Waals surface area (Å²) in [6.45, 7) is 4.27. The first-order valence-corrected chi connectivity index (χ1v) is 7.64. The fourth-order valence-corrected chi connectivity index (χ4v) is 2.64. The van der Waals surface area contributed by atoms with Crippen LogP contribution >= 0.6 is 11.8 Å². The Morgan fingerprint density at radius 1 is 1.35 bits per heavy atom. The van der Waals surface area contributed by atoms with Crippen molar-refractivity contribution in [2.24, 2.45) is 0 Å². The Morgan fingerprint density at radius 2 is 2.10 bits per heavy atom. The van der Waals surface area contributed by atoms with Gasteiger partial charge in [0.05, 0.1) is 11.4 Å². The van der Waals surface area contributed by atoms with Crippen LogP contribution in [0.2, 0.25) is 0 Å². The molecule has 2 N–H and O–H groups in total. The summed E-state index contributed by atoms with van der Waals surface area (Å²) in [5, 5.41) is 15.1. The molecule has 1 aromatic rings. The van der Waals surface area contributed by atoms with E-state index in [2.05, 4.69) is 10.5 Å². The number of hydrogen-bond acceptors (Lipinski definition) is 5. The number of hydrogen-bond donors (Lipinski definition) is 2. The Kier molecular flexibility index (Phi) is 7.14. The Morgan fingerprint density at radius 3 is 2.70 bits per heavy atom. The number of nitrogens with one attached hydrogen (secondary N) is 1. The van der Waals surface area contributed by atoms with Crippen LogP contribution in [-0.2, 0) is 15.3 Å². The molecule has 0 fully saturated rings. The standard InChI is InChI=1S/C13H20N2O4S/c1-9-11(10(2)19-15-9)7-20-8-12(16)14-6-4-3-5-13(17)18/h3-8H2,1-2H3,(H,14,16)(H,17,18). The van der Waals surface area contributed by atoms with Gasteiger partial charge in [-0.1, -0.05) is 5.16 Å². The second kappa shape index (κ2) is 8.63. The van der Waals surface area contributed by atoms with E-state index in [-0.39, 0.29) is 12.3 Å². The summed E-state index contributed by atoms with van der Waals surface area (Å²) in [4.78, 5) is 21.9. The van der Waals surface area contributed by atoms with Crippen LogP contribution in [0, 0.1) is 13.8 Å². The molecule has 0 bridgehead atoms. The highest BCUT2D eigenvalue weighted by molar-refractivity contribution is 7.99. The average Bonchev–Trinajstić information content (AvgIpc) is 2.69. The highest BCUT2D eigenvalue weighted by Gasteiger charge is 2.09. The molecule has 1 rings (SSSR count). The summed E-state index contributed by atoms with van der Waals surface area (Å²) >= 11 is 1.51. The van der Waals surface area contributed by atoms with Crippen molar-refractivity contribution in [2.45, 2.75) is 38.9 Å². The van der Waals surface area contributed by atoms with Crippen LogP contribution in [0.5, 0.6) is 0 Å². The third-order valence-corrected chi connectivity index (χ3v) is 3.76. The number of thioether (sulfide) groups is 1. The lowest BCUT2D eigenvalue weighted by Gasteiger charge is -2.04. The number of unbranched alkanes of at least 4 members (excludes halogenated alkanes) is 1. The van der Waals surface area contributed by atoms with Gasteiger partial charge in [0.15, 0.2) is 0 Å². The molecular weight excluding hydrogens is 280 g/mol.